The van der Waals surface area contributed by atoms with Crippen LogP contribution in [0.3, 0.4) is 0 Å². The van der Waals surface area contributed by atoms with Gasteiger partial charge in [0.15, 0.2) is 0 Å². The maximum Gasteiger partial charge on any atom is 0.119 e. The van der Waals surface area contributed by atoms with E-state index in [-0.39, 0.29) is 0 Å². The van der Waals surface area contributed by atoms with Gasteiger partial charge in [0.1, 0.15) is 5.75 Å². The lowest BCUT2D eigenvalue weighted by molar-refractivity contribution is 0.340. The number of aromatic nitrogens is 1. The molecule has 0 spiro atoms. The highest BCUT2D eigenvalue weighted by Gasteiger charge is 2.09. The lowest BCUT2D eigenvalue weighted by atomic mass is 9.92. The Labute approximate surface area is 169 Å². The van der Waals surface area contributed by atoms with E-state index in [1.807, 2.05) is 25.3 Å². The summed E-state index contributed by atoms with van der Waals surface area (Å²) in [6.45, 7) is 7.18. The van der Waals surface area contributed by atoms with E-state index >= 15 is 0 Å². The number of hydrogen-bond acceptors (Lipinski definition) is 2. The van der Waals surface area contributed by atoms with Crippen molar-refractivity contribution < 1.29 is 4.74 Å². The molecule has 2 aromatic carbocycles. The topological polar surface area (TPSA) is 22.1 Å². The number of hydrogen-bond donors (Lipinski definition) is 0. The van der Waals surface area contributed by atoms with Crippen molar-refractivity contribution in [1.82, 2.24) is 4.98 Å². The molecule has 0 saturated heterocycles. The fraction of sp³-hybridized carbons (Fsp3) is 0.346. The molecular formula is C26H31NO. The monoisotopic (exact) mass is 373 g/mol. The highest BCUT2D eigenvalue weighted by molar-refractivity contribution is 5.64. The quantitative estimate of drug-likeness (QED) is 0.376. The molecule has 3 rings (SSSR count). The summed E-state index contributed by atoms with van der Waals surface area (Å²) in [7, 11) is 0. The van der Waals surface area contributed by atoms with E-state index in [0.717, 1.165) is 12.2 Å². The van der Waals surface area contributed by atoms with Crippen LogP contribution < -0.4 is 4.74 Å². The number of ether oxygens (including phenoxy) is 1. The molecule has 1 aromatic heterocycles. The zero-order chi connectivity index (χ0) is 19.8. The molecule has 0 bridgehead atoms. The minimum atomic E-state index is 0.339. The van der Waals surface area contributed by atoms with Gasteiger partial charge in [0, 0.05) is 17.8 Å². The smallest absolute Gasteiger partial charge is 0.119 e. The summed E-state index contributed by atoms with van der Waals surface area (Å²) in [5.41, 5.74) is 6.22. The first kappa shape index (κ1) is 20.1. The number of rotatable bonds is 9. The van der Waals surface area contributed by atoms with Gasteiger partial charge in [-0.05, 0) is 60.2 Å². The second-order valence-electron chi connectivity index (χ2n) is 7.34. The number of benzene rings is 2. The number of aryl methyl sites for hydroxylation is 1. The average Bonchev–Trinajstić information content (AvgIpc) is 2.75. The molecule has 0 fully saturated rings. The number of pyridine rings is 1. The third kappa shape index (κ3) is 5.22. The Balaban J connectivity index is 1.66. The molecule has 0 aliphatic carbocycles. The zero-order valence-electron chi connectivity index (χ0n) is 17.3. The Kier molecular flexibility index (Phi) is 7.25. The molecule has 146 valence electrons. The molecule has 2 nitrogen and oxygen atoms in total. The van der Waals surface area contributed by atoms with Crippen molar-refractivity contribution in [2.45, 2.75) is 52.4 Å². The molecule has 2 heteroatoms. The van der Waals surface area contributed by atoms with Gasteiger partial charge in [-0.15, -0.1) is 0 Å². The highest BCUT2D eigenvalue weighted by atomic mass is 16.5. The Hall–Kier alpha value is -2.61. The molecular weight excluding hydrogens is 342 g/mol. The van der Waals surface area contributed by atoms with Crippen molar-refractivity contribution in [3.8, 4) is 16.9 Å². The van der Waals surface area contributed by atoms with Crippen LogP contribution in [0.2, 0.25) is 0 Å². The molecule has 0 saturated carbocycles. The van der Waals surface area contributed by atoms with Gasteiger partial charge in [0.05, 0.1) is 6.61 Å². The first-order valence-corrected chi connectivity index (χ1v) is 10.5. The van der Waals surface area contributed by atoms with E-state index in [1.54, 1.807) is 0 Å². The standard InChI is InChI=1S/C26H31NO/c1-4-6-7-8-25-16-13-24(19-27-25)20(3)21-9-11-22(12-10-21)23-14-17-26(18-15-23)28-5-2/h9-20H,4-8H2,1-3H3. The van der Waals surface area contributed by atoms with Crippen LogP contribution in [0.1, 0.15) is 62.8 Å². The molecule has 0 aliphatic heterocycles. The lowest BCUT2D eigenvalue weighted by Crippen LogP contribution is -1.99. The largest absolute Gasteiger partial charge is 0.494 e. The summed E-state index contributed by atoms with van der Waals surface area (Å²) in [5, 5.41) is 0. The first-order chi connectivity index (χ1) is 13.7. The van der Waals surface area contributed by atoms with Gasteiger partial charge in [0.2, 0.25) is 0 Å². The van der Waals surface area contributed by atoms with Gasteiger partial charge in [-0.2, -0.15) is 0 Å². The Bertz CT molecular complexity index is 835. The van der Waals surface area contributed by atoms with Crippen LogP contribution in [0.5, 0.6) is 5.75 Å². The van der Waals surface area contributed by atoms with E-state index in [2.05, 4.69) is 67.4 Å². The van der Waals surface area contributed by atoms with Crippen molar-refractivity contribution >= 4 is 0 Å². The summed E-state index contributed by atoms with van der Waals surface area (Å²) in [6.07, 6.45) is 6.89. The zero-order valence-corrected chi connectivity index (χ0v) is 17.3. The van der Waals surface area contributed by atoms with Crippen LogP contribution in [0.25, 0.3) is 11.1 Å². The molecule has 0 amide bonds. The molecule has 3 aromatic rings. The van der Waals surface area contributed by atoms with Crippen LogP contribution in [0, 0.1) is 0 Å². The van der Waals surface area contributed by atoms with Crippen LogP contribution in [-0.2, 0) is 6.42 Å². The summed E-state index contributed by atoms with van der Waals surface area (Å²) < 4.78 is 5.53. The maximum atomic E-state index is 5.53. The third-order valence-corrected chi connectivity index (χ3v) is 5.29. The van der Waals surface area contributed by atoms with Crippen molar-refractivity contribution in [2.75, 3.05) is 6.61 Å². The number of unbranched alkanes of at least 4 members (excludes halogenated alkanes) is 2. The fourth-order valence-corrected chi connectivity index (χ4v) is 3.46. The van der Waals surface area contributed by atoms with Gasteiger partial charge in [-0.3, -0.25) is 4.98 Å². The van der Waals surface area contributed by atoms with Crippen LogP contribution in [-0.4, -0.2) is 11.6 Å². The average molecular weight is 374 g/mol. The predicted molar refractivity (Wildman–Crippen MR) is 118 cm³/mol. The molecule has 28 heavy (non-hydrogen) atoms. The van der Waals surface area contributed by atoms with Gasteiger partial charge in [-0.25, -0.2) is 0 Å². The highest BCUT2D eigenvalue weighted by Crippen LogP contribution is 2.28. The summed E-state index contributed by atoms with van der Waals surface area (Å²) in [5.74, 6) is 1.26. The van der Waals surface area contributed by atoms with Gasteiger partial charge in [-0.1, -0.05) is 69.2 Å². The molecule has 0 N–H and O–H groups in total. The van der Waals surface area contributed by atoms with Crippen molar-refractivity contribution in [3.63, 3.8) is 0 Å². The van der Waals surface area contributed by atoms with Crippen LogP contribution in [0.15, 0.2) is 66.9 Å². The second-order valence-corrected chi connectivity index (χ2v) is 7.34. The number of nitrogens with zero attached hydrogens (tertiary/aromatic N) is 1. The molecule has 0 radical (unpaired) electrons. The predicted octanol–water partition coefficient (Wildman–Crippen LogP) is 7.03. The fourth-order valence-electron chi connectivity index (χ4n) is 3.46. The van der Waals surface area contributed by atoms with Crippen molar-refractivity contribution in [1.29, 1.82) is 0 Å². The maximum absolute atomic E-state index is 5.53. The van der Waals surface area contributed by atoms with Crippen LogP contribution in [0.4, 0.5) is 0 Å². The van der Waals surface area contributed by atoms with E-state index in [4.69, 9.17) is 4.74 Å². The van der Waals surface area contributed by atoms with E-state index < -0.39 is 0 Å². The summed E-state index contributed by atoms with van der Waals surface area (Å²) in [4.78, 5) is 4.67. The summed E-state index contributed by atoms with van der Waals surface area (Å²) in [6, 6.07) is 21.6. The second kappa shape index (κ2) is 10.1. The van der Waals surface area contributed by atoms with Crippen LogP contribution >= 0.6 is 0 Å². The molecule has 1 unspecified atom stereocenters. The minimum Gasteiger partial charge on any atom is -0.494 e. The first-order valence-electron chi connectivity index (χ1n) is 10.5. The van der Waals surface area contributed by atoms with Gasteiger partial charge in [0.25, 0.3) is 0 Å². The van der Waals surface area contributed by atoms with E-state index in [0.29, 0.717) is 12.5 Å². The summed E-state index contributed by atoms with van der Waals surface area (Å²) >= 11 is 0. The van der Waals surface area contributed by atoms with E-state index in [1.165, 1.54) is 47.2 Å². The molecule has 1 heterocycles. The molecule has 0 aliphatic rings. The Morgan fingerprint density at radius 2 is 1.43 bits per heavy atom. The SMILES string of the molecule is CCCCCc1ccc(C(C)c2ccc(-c3ccc(OCC)cc3)cc2)cn1. The normalized spacial score (nSPS) is 12.0. The van der Waals surface area contributed by atoms with Gasteiger partial charge >= 0.3 is 0 Å². The molecule has 1 atom stereocenters. The Morgan fingerprint density at radius 1 is 0.786 bits per heavy atom. The minimum absolute atomic E-state index is 0.339. The van der Waals surface area contributed by atoms with Gasteiger partial charge < -0.3 is 4.74 Å². The third-order valence-electron chi connectivity index (χ3n) is 5.29. The Morgan fingerprint density at radius 3 is 2.00 bits per heavy atom. The lowest BCUT2D eigenvalue weighted by Gasteiger charge is -2.14. The van der Waals surface area contributed by atoms with Crippen molar-refractivity contribution in [2.24, 2.45) is 0 Å². The van der Waals surface area contributed by atoms with Crippen molar-refractivity contribution in [3.05, 3.63) is 83.7 Å². The van der Waals surface area contributed by atoms with E-state index in [9.17, 15) is 0 Å².